The Morgan fingerprint density at radius 2 is 1.85 bits per heavy atom. The number of methoxy groups -OCH3 is 1. The third kappa shape index (κ3) is 3.79. The van der Waals surface area contributed by atoms with E-state index in [1.54, 1.807) is 6.21 Å². The SMILES string of the molecule is COC(=O)Cc1ccccc1N=Cc1ccc(C)cc1. The second kappa shape index (κ2) is 6.66. The van der Waals surface area contributed by atoms with Crippen molar-refractivity contribution < 1.29 is 9.53 Å². The fraction of sp³-hybridized carbons (Fsp3) is 0.176. The number of benzene rings is 2. The van der Waals surface area contributed by atoms with Crippen LogP contribution in [0, 0.1) is 6.92 Å². The van der Waals surface area contributed by atoms with Gasteiger partial charge in [0, 0.05) is 6.21 Å². The Labute approximate surface area is 118 Å². The first-order valence-electron chi connectivity index (χ1n) is 6.44. The molecule has 2 aromatic carbocycles. The Kier molecular flexibility index (Phi) is 4.66. The lowest BCUT2D eigenvalue weighted by molar-refractivity contribution is -0.139. The molecule has 3 heteroatoms. The first kappa shape index (κ1) is 14.0. The molecule has 0 radical (unpaired) electrons. The second-order valence-corrected chi connectivity index (χ2v) is 4.55. The topological polar surface area (TPSA) is 38.7 Å². The number of ether oxygens (including phenoxy) is 1. The van der Waals surface area contributed by atoms with Crippen molar-refractivity contribution in [2.75, 3.05) is 7.11 Å². The zero-order valence-corrected chi connectivity index (χ0v) is 11.7. The lowest BCUT2D eigenvalue weighted by atomic mass is 10.1. The van der Waals surface area contributed by atoms with Crippen LogP contribution in [0.2, 0.25) is 0 Å². The van der Waals surface area contributed by atoms with E-state index in [1.165, 1.54) is 12.7 Å². The molecular weight excluding hydrogens is 250 g/mol. The fourth-order valence-corrected chi connectivity index (χ4v) is 1.81. The summed E-state index contributed by atoms with van der Waals surface area (Å²) in [6, 6.07) is 15.7. The van der Waals surface area contributed by atoms with Gasteiger partial charge in [-0.3, -0.25) is 9.79 Å². The molecule has 3 nitrogen and oxygen atoms in total. The number of hydrogen-bond donors (Lipinski definition) is 0. The van der Waals surface area contributed by atoms with E-state index in [1.807, 2.05) is 55.5 Å². The number of para-hydroxylation sites is 1. The highest BCUT2D eigenvalue weighted by Crippen LogP contribution is 2.19. The summed E-state index contributed by atoms with van der Waals surface area (Å²) >= 11 is 0. The molecule has 0 saturated heterocycles. The largest absolute Gasteiger partial charge is 0.469 e. The lowest BCUT2D eigenvalue weighted by Gasteiger charge is -2.04. The molecule has 0 spiro atoms. The Morgan fingerprint density at radius 1 is 1.15 bits per heavy atom. The van der Waals surface area contributed by atoms with Crippen molar-refractivity contribution in [1.29, 1.82) is 0 Å². The van der Waals surface area contributed by atoms with E-state index in [0.29, 0.717) is 0 Å². The van der Waals surface area contributed by atoms with Gasteiger partial charge in [0.25, 0.3) is 0 Å². The molecule has 0 heterocycles. The number of aryl methyl sites for hydroxylation is 1. The maximum Gasteiger partial charge on any atom is 0.310 e. The summed E-state index contributed by atoms with van der Waals surface area (Å²) in [7, 11) is 1.39. The Bertz CT molecular complexity index is 615. The zero-order valence-electron chi connectivity index (χ0n) is 11.7. The number of aliphatic imine (C=N–C) groups is 1. The van der Waals surface area contributed by atoms with E-state index in [2.05, 4.69) is 4.99 Å². The summed E-state index contributed by atoms with van der Waals surface area (Å²) in [5, 5.41) is 0. The van der Waals surface area contributed by atoms with Crippen LogP contribution in [0.15, 0.2) is 53.5 Å². The van der Waals surface area contributed by atoms with Crippen LogP contribution in [0.4, 0.5) is 5.69 Å². The van der Waals surface area contributed by atoms with Crippen LogP contribution in [-0.2, 0) is 16.0 Å². The summed E-state index contributed by atoms with van der Waals surface area (Å²) in [5.74, 6) is -0.261. The van der Waals surface area contributed by atoms with Gasteiger partial charge >= 0.3 is 5.97 Å². The van der Waals surface area contributed by atoms with Crippen molar-refractivity contribution in [3.63, 3.8) is 0 Å². The third-order valence-corrected chi connectivity index (χ3v) is 2.98. The monoisotopic (exact) mass is 267 g/mol. The molecule has 0 atom stereocenters. The van der Waals surface area contributed by atoms with Gasteiger partial charge in [0.15, 0.2) is 0 Å². The number of rotatable bonds is 4. The predicted octanol–water partition coefficient (Wildman–Crippen LogP) is 3.46. The normalized spacial score (nSPS) is 10.7. The maximum atomic E-state index is 11.4. The number of carbonyl (C=O) groups is 1. The van der Waals surface area contributed by atoms with Gasteiger partial charge in [-0.1, -0.05) is 48.0 Å². The van der Waals surface area contributed by atoms with E-state index in [9.17, 15) is 4.79 Å². The molecule has 0 saturated carbocycles. The van der Waals surface area contributed by atoms with Crippen LogP contribution < -0.4 is 0 Å². The molecule has 0 fully saturated rings. The summed E-state index contributed by atoms with van der Waals surface area (Å²) in [4.78, 5) is 15.8. The van der Waals surface area contributed by atoms with E-state index in [4.69, 9.17) is 4.74 Å². The average Bonchev–Trinajstić information content (AvgIpc) is 2.48. The first-order valence-corrected chi connectivity index (χ1v) is 6.44. The quantitative estimate of drug-likeness (QED) is 0.628. The summed E-state index contributed by atoms with van der Waals surface area (Å²) in [5.41, 5.74) is 3.90. The van der Waals surface area contributed by atoms with Crippen LogP contribution in [0.3, 0.4) is 0 Å². The molecule has 0 amide bonds. The van der Waals surface area contributed by atoms with E-state index in [-0.39, 0.29) is 12.4 Å². The lowest BCUT2D eigenvalue weighted by Crippen LogP contribution is -2.04. The molecule has 2 rings (SSSR count). The standard InChI is InChI=1S/C17H17NO2/c1-13-7-9-14(10-8-13)12-18-16-6-4-3-5-15(16)11-17(19)20-2/h3-10,12H,11H2,1-2H3. The second-order valence-electron chi connectivity index (χ2n) is 4.55. The maximum absolute atomic E-state index is 11.4. The Morgan fingerprint density at radius 3 is 2.55 bits per heavy atom. The Hall–Kier alpha value is -2.42. The van der Waals surface area contributed by atoms with Crippen LogP contribution in [-0.4, -0.2) is 19.3 Å². The van der Waals surface area contributed by atoms with Gasteiger partial charge in [0.2, 0.25) is 0 Å². The minimum atomic E-state index is -0.261. The minimum absolute atomic E-state index is 0.234. The van der Waals surface area contributed by atoms with Gasteiger partial charge < -0.3 is 4.74 Å². The van der Waals surface area contributed by atoms with E-state index in [0.717, 1.165) is 16.8 Å². The third-order valence-electron chi connectivity index (χ3n) is 2.98. The fourth-order valence-electron chi connectivity index (χ4n) is 1.81. The van der Waals surface area contributed by atoms with Crippen molar-refractivity contribution in [2.24, 2.45) is 4.99 Å². The summed E-state index contributed by atoms with van der Waals surface area (Å²) in [6.07, 6.45) is 2.04. The van der Waals surface area contributed by atoms with E-state index >= 15 is 0 Å². The van der Waals surface area contributed by atoms with Gasteiger partial charge in [-0.15, -0.1) is 0 Å². The van der Waals surface area contributed by atoms with Crippen molar-refractivity contribution in [3.8, 4) is 0 Å². The molecule has 0 aliphatic carbocycles. The highest BCUT2D eigenvalue weighted by atomic mass is 16.5. The Balaban J connectivity index is 2.20. The van der Waals surface area contributed by atoms with Crippen LogP contribution in [0.25, 0.3) is 0 Å². The molecule has 0 aromatic heterocycles. The smallest absolute Gasteiger partial charge is 0.310 e. The summed E-state index contributed by atoms with van der Waals surface area (Å²) in [6.45, 7) is 2.05. The minimum Gasteiger partial charge on any atom is -0.469 e. The summed E-state index contributed by atoms with van der Waals surface area (Å²) < 4.78 is 4.69. The number of nitrogens with zero attached hydrogens (tertiary/aromatic N) is 1. The molecule has 0 unspecified atom stereocenters. The van der Waals surface area contributed by atoms with Crippen molar-refractivity contribution in [1.82, 2.24) is 0 Å². The molecule has 0 bridgehead atoms. The highest BCUT2D eigenvalue weighted by molar-refractivity contribution is 5.83. The molecule has 20 heavy (non-hydrogen) atoms. The molecule has 0 N–H and O–H groups in total. The van der Waals surface area contributed by atoms with Crippen LogP contribution in [0.5, 0.6) is 0 Å². The van der Waals surface area contributed by atoms with Gasteiger partial charge in [0.1, 0.15) is 0 Å². The van der Waals surface area contributed by atoms with Crippen molar-refractivity contribution in [2.45, 2.75) is 13.3 Å². The first-order chi connectivity index (χ1) is 9.69. The number of carbonyl (C=O) groups excluding carboxylic acids is 1. The van der Waals surface area contributed by atoms with Gasteiger partial charge in [0.05, 0.1) is 19.2 Å². The molecule has 2 aromatic rings. The molecular formula is C17H17NO2. The van der Waals surface area contributed by atoms with Gasteiger partial charge in [-0.2, -0.15) is 0 Å². The molecule has 0 aliphatic rings. The highest BCUT2D eigenvalue weighted by Gasteiger charge is 2.06. The van der Waals surface area contributed by atoms with E-state index < -0.39 is 0 Å². The van der Waals surface area contributed by atoms with Gasteiger partial charge in [-0.25, -0.2) is 0 Å². The van der Waals surface area contributed by atoms with Crippen molar-refractivity contribution in [3.05, 3.63) is 65.2 Å². The predicted molar refractivity (Wildman–Crippen MR) is 80.6 cm³/mol. The van der Waals surface area contributed by atoms with Crippen LogP contribution in [0.1, 0.15) is 16.7 Å². The molecule has 102 valence electrons. The zero-order chi connectivity index (χ0) is 14.4. The van der Waals surface area contributed by atoms with Crippen LogP contribution >= 0.6 is 0 Å². The van der Waals surface area contributed by atoms with Crippen molar-refractivity contribution >= 4 is 17.9 Å². The number of hydrogen-bond acceptors (Lipinski definition) is 3. The average molecular weight is 267 g/mol. The molecule has 0 aliphatic heterocycles. The van der Waals surface area contributed by atoms with Gasteiger partial charge in [-0.05, 0) is 24.1 Å². The number of esters is 1.